The van der Waals surface area contributed by atoms with E-state index < -0.39 is 0 Å². The number of aryl methyl sites for hydroxylation is 1. The minimum Gasteiger partial charge on any atom is -0.317 e. The lowest BCUT2D eigenvalue weighted by molar-refractivity contribution is -0.0512. The number of benzene rings is 1. The highest BCUT2D eigenvalue weighted by atomic mass is 79.9. The molecule has 2 aliphatic heterocycles. The minimum absolute atomic E-state index is 0.656. The van der Waals surface area contributed by atoms with Gasteiger partial charge in [0.1, 0.15) is 0 Å². The van der Waals surface area contributed by atoms with Gasteiger partial charge < -0.3 is 5.32 Å². The molecule has 0 radical (unpaired) electrons. The molecule has 19 heavy (non-hydrogen) atoms. The normalized spacial score (nSPS) is 29.2. The average Bonchev–Trinajstić information content (AvgIpc) is 2.79. The number of halogens is 1. The third-order valence-electron chi connectivity index (χ3n) is 5.33. The predicted octanol–water partition coefficient (Wildman–Crippen LogP) is 3.12. The fraction of sp³-hybridized carbons (Fsp3) is 0.625. The molecule has 1 aromatic rings. The molecule has 102 valence electrons. The molecule has 0 bridgehead atoms. The first-order chi connectivity index (χ1) is 9.26. The summed E-state index contributed by atoms with van der Waals surface area (Å²) in [6, 6.07) is 7.56. The first-order valence-corrected chi connectivity index (χ1v) is 8.28. The van der Waals surface area contributed by atoms with Crippen LogP contribution in [-0.2, 0) is 6.42 Å². The van der Waals surface area contributed by atoms with E-state index in [1.807, 2.05) is 0 Å². The predicted molar refractivity (Wildman–Crippen MR) is 81.3 cm³/mol. The summed E-state index contributed by atoms with van der Waals surface area (Å²) >= 11 is 3.59. The maximum atomic E-state index is 3.59. The van der Waals surface area contributed by atoms with E-state index in [4.69, 9.17) is 0 Å². The highest BCUT2D eigenvalue weighted by Gasteiger charge is 2.46. The van der Waals surface area contributed by atoms with Crippen molar-refractivity contribution < 1.29 is 0 Å². The topological polar surface area (TPSA) is 15.3 Å². The van der Waals surface area contributed by atoms with Crippen molar-refractivity contribution in [3.8, 4) is 0 Å². The number of fused-ring (bicyclic) bond motifs is 1. The Balaban J connectivity index is 1.49. The second-order valence-electron chi connectivity index (χ2n) is 6.55. The molecule has 1 spiro atoms. The van der Waals surface area contributed by atoms with Crippen LogP contribution in [-0.4, -0.2) is 31.1 Å². The van der Waals surface area contributed by atoms with E-state index in [1.54, 1.807) is 11.1 Å². The maximum Gasteiger partial charge on any atom is 0.0354 e. The summed E-state index contributed by atoms with van der Waals surface area (Å²) in [7, 11) is 0. The number of rotatable bonds is 1. The zero-order valence-corrected chi connectivity index (χ0v) is 12.9. The van der Waals surface area contributed by atoms with Crippen molar-refractivity contribution >= 4 is 15.9 Å². The largest absolute Gasteiger partial charge is 0.317 e. The van der Waals surface area contributed by atoms with Crippen LogP contribution in [0.5, 0.6) is 0 Å². The van der Waals surface area contributed by atoms with Crippen LogP contribution in [0.3, 0.4) is 0 Å². The van der Waals surface area contributed by atoms with Crippen LogP contribution in [0.2, 0.25) is 0 Å². The van der Waals surface area contributed by atoms with E-state index in [1.165, 1.54) is 56.3 Å². The van der Waals surface area contributed by atoms with E-state index in [2.05, 4.69) is 44.3 Å². The Morgan fingerprint density at radius 3 is 2.79 bits per heavy atom. The van der Waals surface area contributed by atoms with Crippen LogP contribution in [0.25, 0.3) is 0 Å². The second kappa shape index (κ2) is 4.57. The average molecular weight is 321 g/mol. The molecule has 0 saturated carbocycles. The Labute approximate surface area is 123 Å². The zero-order chi connectivity index (χ0) is 12.9. The summed E-state index contributed by atoms with van der Waals surface area (Å²) in [6.45, 7) is 5.10. The Hall–Kier alpha value is -0.380. The summed E-state index contributed by atoms with van der Waals surface area (Å²) in [5.74, 6) is 0. The van der Waals surface area contributed by atoms with Gasteiger partial charge >= 0.3 is 0 Å². The SMILES string of the molecule is Brc1ccc2c(c1)CC[C@H]2N1CC2(CCNCC2)C1. The first kappa shape index (κ1) is 12.4. The fourth-order valence-electron chi connectivity index (χ4n) is 4.25. The van der Waals surface area contributed by atoms with Crippen LogP contribution in [0.1, 0.15) is 36.4 Å². The van der Waals surface area contributed by atoms with Crippen molar-refractivity contribution in [3.05, 3.63) is 33.8 Å². The molecular formula is C16H21BrN2. The number of piperidine rings is 1. The van der Waals surface area contributed by atoms with Gasteiger partial charge in [-0.1, -0.05) is 22.0 Å². The van der Waals surface area contributed by atoms with Crippen molar-refractivity contribution in [1.29, 1.82) is 0 Å². The summed E-state index contributed by atoms with van der Waals surface area (Å²) < 4.78 is 1.23. The van der Waals surface area contributed by atoms with E-state index in [0.717, 1.165) is 0 Å². The van der Waals surface area contributed by atoms with E-state index in [0.29, 0.717) is 11.5 Å². The van der Waals surface area contributed by atoms with Gasteiger partial charge in [0.05, 0.1) is 0 Å². The first-order valence-electron chi connectivity index (χ1n) is 7.49. The minimum atomic E-state index is 0.656. The van der Waals surface area contributed by atoms with Crippen molar-refractivity contribution in [2.45, 2.75) is 31.7 Å². The molecule has 3 heteroatoms. The van der Waals surface area contributed by atoms with Crippen LogP contribution in [0, 0.1) is 5.41 Å². The summed E-state index contributed by atoms with van der Waals surface area (Å²) in [6.07, 6.45) is 5.33. The third-order valence-corrected chi connectivity index (χ3v) is 5.83. The van der Waals surface area contributed by atoms with Gasteiger partial charge in [-0.25, -0.2) is 0 Å². The van der Waals surface area contributed by atoms with Gasteiger partial charge in [0.25, 0.3) is 0 Å². The Kier molecular flexibility index (Phi) is 2.98. The van der Waals surface area contributed by atoms with E-state index in [-0.39, 0.29) is 0 Å². The molecule has 0 unspecified atom stereocenters. The quantitative estimate of drug-likeness (QED) is 0.855. The van der Waals surface area contributed by atoms with Crippen LogP contribution >= 0.6 is 15.9 Å². The van der Waals surface area contributed by atoms with Crippen molar-refractivity contribution in [2.75, 3.05) is 26.2 Å². The Morgan fingerprint density at radius 2 is 2.00 bits per heavy atom. The molecular weight excluding hydrogens is 300 g/mol. The standard InChI is InChI=1S/C16H21BrN2/c17-13-2-3-14-12(9-13)1-4-15(14)19-10-16(11-19)5-7-18-8-6-16/h2-3,9,15,18H,1,4-8,10-11H2/t15-/m1/s1. The van der Waals surface area contributed by atoms with Crippen molar-refractivity contribution in [2.24, 2.45) is 5.41 Å². The molecule has 2 heterocycles. The van der Waals surface area contributed by atoms with Gasteiger partial charge in [-0.3, -0.25) is 4.90 Å². The number of nitrogens with one attached hydrogen (secondary N) is 1. The molecule has 2 fully saturated rings. The van der Waals surface area contributed by atoms with Gasteiger partial charge in [0.2, 0.25) is 0 Å². The fourth-order valence-corrected chi connectivity index (χ4v) is 4.66. The molecule has 1 N–H and O–H groups in total. The van der Waals surface area contributed by atoms with Gasteiger partial charge in [-0.2, -0.15) is 0 Å². The van der Waals surface area contributed by atoms with Gasteiger partial charge in [-0.05, 0) is 67.4 Å². The Morgan fingerprint density at radius 1 is 1.21 bits per heavy atom. The zero-order valence-electron chi connectivity index (χ0n) is 11.3. The van der Waals surface area contributed by atoms with Crippen LogP contribution < -0.4 is 5.32 Å². The van der Waals surface area contributed by atoms with Crippen molar-refractivity contribution in [3.63, 3.8) is 0 Å². The molecule has 0 amide bonds. The van der Waals surface area contributed by atoms with Gasteiger partial charge in [0, 0.05) is 23.6 Å². The highest BCUT2D eigenvalue weighted by Crippen LogP contribution is 2.47. The second-order valence-corrected chi connectivity index (χ2v) is 7.47. The highest BCUT2D eigenvalue weighted by molar-refractivity contribution is 9.10. The van der Waals surface area contributed by atoms with Gasteiger partial charge in [0.15, 0.2) is 0 Å². The number of nitrogens with zero attached hydrogens (tertiary/aromatic N) is 1. The maximum absolute atomic E-state index is 3.59. The van der Waals surface area contributed by atoms with Crippen LogP contribution in [0.4, 0.5) is 0 Å². The molecule has 4 rings (SSSR count). The lowest BCUT2D eigenvalue weighted by Gasteiger charge is -2.55. The molecule has 2 saturated heterocycles. The molecule has 3 aliphatic rings. The molecule has 1 aromatic carbocycles. The third kappa shape index (κ3) is 2.07. The monoisotopic (exact) mass is 320 g/mol. The summed E-state index contributed by atoms with van der Waals surface area (Å²) in [5.41, 5.74) is 3.81. The number of likely N-dealkylation sites (tertiary alicyclic amines) is 1. The molecule has 1 atom stereocenters. The summed E-state index contributed by atoms with van der Waals surface area (Å²) in [4.78, 5) is 2.73. The summed E-state index contributed by atoms with van der Waals surface area (Å²) in [5, 5.41) is 3.49. The lowest BCUT2D eigenvalue weighted by Crippen LogP contribution is -2.60. The number of hydrogen-bond acceptors (Lipinski definition) is 2. The van der Waals surface area contributed by atoms with Crippen molar-refractivity contribution in [1.82, 2.24) is 10.2 Å². The van der Waals surface area contributed by atoms with E-state index in [9.17, 15) is 0 Å². The molecule has 2 nitrogen and oxygen atoms in total. The number of hydrogen-bond donors (Lipinski definition) is 1. The van der Waals surface area contributed by atoms with E-state index >= 15 is 0 Å². The molecule has 1 aliphatic carbocycles. The molecule has 0 aromatic heterocycles. The smallest absolute Gasteiger partial charge is 0.0354 e. The van der Waals surface area contributed by atoms with Crippen LogP contribution in [0.15, 0.2) is 22.7 Å². The Bertz CT molecular complexity index is 486. The lowest BCUT2D eigenvalue weighted by atomic mass is 9.71. The van der Waals surface area contributed by atoms with Gasteiger partial charge in [-0.15, -0.1) is 0 Å².